The Kier molecular flexibility index (Phi) is 5.31. The number of aromatic nitrogens is 3. The van der Waals surface area contributed by atoms with E-state index in [1.807, 2.05) is 35.6 Å². The number of methoxy groups -OCH3 is 1. The Morgan fingerprint density at radius 1 is 1.16 bits per heavy atom. The van der Waals surface area contributed by atoms with Gasteiger partial charge in [-0.1, -0.05) is 23.7 Å². The van der Waals surface area contributed by atoms with Crippen LogP contribution in [0.25, 0.3) is 16.6 Å². The van der Waals surface area contributed by atoms with E-state index in [4.69, 9.17) is 21.3 Å². The third-order valence-electron chi connectivity index (χ3n) is 6.01. The molecule has 1 aliphatic heterocycles. The Morgan fingerprint density at radius 3 is 2.66 bits per heavy atom. The molecule has 2 aromatic carbocycles. The zero-order valence-corrected chi connectivity index (χ0v) is 19.4. The number of fused-ring (bicyclic) bond motifs is 3. The molecule has 2 atom stereocenters. The van der Waals surface area contributed by atoms with Crippen molar-refractivity contribution in [3.63, 3.8) is 0 Å². The second-order valence-electron chi connectivity index (χ2n) is 8.55. The number of hydrogen-bond acceptors (Lipinski definition) is 6. The third kappa shape index (κ3) is 3.61. The number of imidazole rings is 1. The molecule has 4 aromatic rings. The van der Waals surface area contributed by atoms with Gasteiger partial charge in [-0.3, -0.25) is 4.40 Å². The highest BCUT2D eigenvalue weighted by Crippen LogP contribution is 2.36. The summed E-state index contributed by atoms with van der Waals surface area (Å²) in [7, 11) is 1.72. The molecule has 1 saturated heterocycles. The van der Waals surface area contributed by atoms with Gasteiger partial charge in [0.15, 0.2) is 5.82 Å². The highest BCUT2D eigenvalue weighted by Gasteiger charge is 2.24. The van der Waals surface area contributed by atoms with Gasteiger partial charge in [-0.2, -0.15) is 0 Å². The number of aryl methyl sites for hydroxylation is 1. The molecule has 0 saturated carbocycles. The lowest BCUT2D eigenvalue weighted by Gasteiger charge is -2.38. The second-order valence-corrected chi connectivity index (χ2v) is 8.96. The van der Waals surface area contributed by atoms with Gasteiger partial charge >= 0.3 is 0 Å². The molecule has 2 N–H and O–H groups in total. The Morgan fingerprint density at radius 2 is 1.94 bits per heavy atom. The molecule has 0 bridgehead atoms. The SMILES string of the molecule is COc1cc2c(cc1N1CC(C)NC(C)C1)nc(Nc1c(C)cccc1Cl)c1cncn12. The van der Waals surface area contributed by atoms with Crippen LogP contribution in [0, 0.1) is 6.92 Å². The van der Waals surface area contributed by atoms with E-state index in [9.17, 15) is 0 Å². The summed E-state index contributed by atoms with van der Waals surface area (Å²) >= 11 is 6.47. The van der Waals surface area contributed by atoms with E-state index in [2.05, 4.69) is 40.4 Å². The standard InChI is InChI=1S/C24H27ClN6O/c1-14-6-5-7-17(25)23(14)29-24-21-10-26-13-31(21)19-9-22(32-4)20(8-18(19)28-24)30-11-15(2)27-16(3)12-30/h5-10,13,15-16,27H,11-12H2,1-4H3,(H,28,29). The number of halogens is 1. The molecule has 32 heavy (non-hydrogen) atoms. The summed E-state index contributed by atoms with van der Waals surface area (Å²) in [5, 5.41) is 7.69. The van der Waals surface area contributed by atoms with Crippen molar-refractivity contribution < 1.29 is 4.74 Å². The van der Waals surface area contributed by atoms with Crippen LogP contribution in [-0.2, 0) is 0 Å². The van der Waals surface area contributed by atoms with Crippen molar-refractivity contribution in [1.29, 1.82) is 0 Å². The molecule has 5 rings (SSSR count). The van der Waals surface area contributed by atoms with Crippen molar-refractivity contribution in [1.82, 2.24) is 19.7 Å². The number of benzene rings is 2. The van der Waals surface area contributed by atoms with Crippen LogP contribution in [0.15, 0.2) is 42.9 Å². The first-order chi connectivity index (χ1) is 15.4. The van der Waals surface area contributed by atoms with E-state index in [0.717, 1.165) is 52.3 Å². The Balaban J connectivity index is 1.67. The molecular weight excluding hydrogens is 424 g/mol. The molecule has 1 fully saturated rings. The minimum absolute atomic E-state index is 0.392. The van der Waals surface area contributed by atoms with Crippen LogP contribution >= 0.6 is 11.6 Å². The van der Waals surface area contributed by atoms with Gasteiger partial charge < -0.3 is 20.3 Å². The molecule has 1 aliphatic rings. The van der Waals surface area contributed by atoms with Crippen molar-refractivity contribution in [2.45, 2.75) is 32.9 Å². The maximum Gasteiger partial charge on any atom is 0.157 e. The quantitative estimate of drug-likeness (QED) is 0.466. The molecule has 0 amide bonds. The highest BCUT2D eigenvalue weighted by atomic mass is 35.5. The molecule has 0 aliphatic carbocycles. The summed E-state index contributed by atoms with van der Waals surface area (Å²) in [6.45, 7) is 8.25. The summed E-state index contributed by atoms with van der Waals surface area (Å²) in [6.07, 6.45) is 3.61. The number of anilines is 3. The van der Waals surface area contributed by atoms with Crippen LogP contribution in [0.3, 0.4) is 0 Å². The molecule has 8 heteroatoms. The summed E-state index contributed by atoms with van der Waals surface area (Å²) in [6, 6.07) is 10.8. The monoisotopic (exact) mass is 450 g/mol. The van der Waals surface area contributed by atoms with Crippen molar-refractivity contribution in [2.75, 3.05) is 30.4 Å². The molecule has 7 nitrogen and oxygen atoms in total. The lowest BCUT2D eigenvalue weighted by atomic mass is 10.1. The zero-order chi connectivity index (χ0) is 22.4. The fourth-order valence-electron chi connectivity index (χ4n) is 4.60. The number of rotatable bonds is 4. The van der Waals surface area contributed by atoms with Crippen LogP contribution in [0.2, 0.25) is 5.02 Å². The van der Waals surface area contributed by atoms with Gasteiger partial charge in [0.25, 0.3) is 0 Å². The number of para-hydroxylation sites is 1. The predicted molar refractivity (Wildman–Crippen MR) is 131 cm³/mol. The second kappa shape index (κ2) is 8.15. The summed E-state index contributed by atoms with van der Waals surface area (Å²) in [5.41, 5.74) is 5.62. The number of nitrogens with one attached hydrogen (secondary N) is 2. The number of hydrogen-bond donors (Lipinski definition) is 2. The molecule has 166 valence electrons. The van der Waals surface area contributed by atoms with E-state index >= 15 is 0 Å². The first kappa shape index (κ1) is 20.8. The summed E-state index contributed by atoms with van der Waals surface area (Å²) in [4.78, 5) is 11.7. The van der Waals surface area contributed by atoms with E-state index in [-0.39, 0.29) is 0 Å². The van der Waals surface area contributed by atoms with Crippen LogP contribution in [0.5, 0.6) is 5.75 Å². The van der Waals surface area contributed by atoms with Crippen LogP contribution in [-0.4, -0.2) is 46.7 Å². The Labute approximate surface area is 192 Å². The van der Waals surface area contributed by atoms with E-state index in [1.54, 1.807) is 19.6 Å². The topological polar surface area (TPSA) is 66.7 Å². The Bertz CT molecular complexity index is 1270. The minimum Gasteiger partial charge on any atom is -0.495 e. The number of nitrogens with zero attached hydrogens (tertiary/aromatic N) is 4. The van der Waals surface area contributed by atoms with Gasteiger partial charge in [0.05, 0.1) is 47.1 Å². The fourth-order valence-corrected chi connectivity index (χ4v) is 4.87. The average molecular weight is 451 g/mol. The first-order valence-electron chi connectivity index (χ1n) is 10.8. The van der Waals surface area contributed by atoms with Gasteiger partial charge in [-0.05, 0) is 38.5 Å². The largest absolute Gasteiger partial charge is 0.495 e. The maximum atomic E-state index is 6.47. The van der Waals surface area contributed by atoms with E-state index in [0.29, 0.717) is 22.9 Å². The third-order valence-corrected chi connectivity index (χ3v) is 6.33. The molecule has 0 radical (unpaired) electrons. The lowest BCUT2D eigenvalue weighted by molar-refractivity contribution is 0.391. The normalized spacial score (nSPS) is 19.0. The van der Waals surface area contributed by atoms with Crippen molar-refractivity contribution in [2.24, 2.45) is 0 Å². The highest BCUT2D eigenvalue weighted by molar-refractivity contribution is 6.33. The molecule has 3 heterocycles. The van der Waals surface area contributed by atoms with Crippen molar-refractivity contribution in [3.05, 3.63) is 53.4 Å². The average Bonchev–Trinajstić information content (AvgIpc) is 3.25. The number of piperazine rings is 1. The van der Waals surface area contributed by atoms with Gasteiger partial charge in [-0.15, -0.1) is 0 Å². The Hall–Kier alpha value is -3.03. The maximum absolute atomic E-state index is 6.47. The molecular formula is C24H27ClN6O. The number of ether oxygens (including phenoxy) is 1. The van der Waals surface area contributed by atoms with E-state index in [1.165, 1.54) is 0 Å². The molecule has 2 unspecified atom stereocenters. The van der Waals surface area contributed by atoms with Crippen molar-refractivity contribution in [3.8, 4) is 5.75 Å². The van der Waals surface area contributed by atoms with Gasteiger partial charge in [0.1, 0.15) is 11.3 Å². The fraction of sp³-hybridized carbons (Fsp3) is 0.333. The van der Waals surface area contributed by atoms with Crippen molar-refractivity contribution >= 4 is 45.3 Å². The minimum atomic E-state index is 0.392. The van der Waals surface area contributed by atoms with Crippen LogP contribution in [0.4, 0.5) is 17.2 Å². The van der Waals surface area contributed by atoms with Gasteiger partial charge in [0.2, 0.25) is 0 Å². The van der Waals surface area contributed by atoms with E-state index < -0.39 is 0 Å². The molecule has 2 aromatic heterocycles. The van der Waals surface area contributed by atoms with Crippen LogP contribution in [0.1, 0.15) is 19.4 Å². The van der Waals surface area contributed by atoms with Gasteiger partial charge in [-0.25, -0.2) is 9.97 Å². The predicted octanol–water partition coefficient (Wildman–Crippen LogP) is 4.78. The first-order valence-corrected chi connectivity index (χ1v) is 11.2. The van der Waals surface area contributed by atoms with Gasteiger partial charge in [0, 0.05) is 31.2 Å². The lowest BCUT2D eigenvalue weighted by Crippen LogP contribution is -2.54. The molecule has 0 spiro atoms. The summed E-state index contributed by atoms with van der Waals surface area (Å²) in [5.74, 6) is 1.54. The zero-order valence-electron chi connectivity index (χ0n) is 18.7. The van der Waals surface area contributed by atoms with Crippen LogP contribution < -0.4 is 20.3 Å². The summed E-state index contributed by atoms with van der Waals surface area (Å²) < 4.78 is 7.84. The smallest absolute Gasteiger partial charge is 0.157 e.